The number of benzene rings is 2. The van der Waals surface area contributed by atoms with Crippen molar-refractivity contribution in [2.45, 2.75) is 46.0 Å². The Hall–Kier alpha value is -2.62. The van der Waals surface area contributed by atoms with Crippen LogP contribution in [0.15, 0.2) is 48.5 Å². The Balaban J connectivity index is 1.88. The smallest absolute Gasteiger partial charge is 0.306 e. The maximum atomic E-state index is 12.2. The van der Waals surface area contributed by atoms with Gasteiger partial charge in [0.15, 0.2) is 6.61 Å². The second-order valence-corrected chi connectivity index (χ2v) is 6.38. The third-order valence-electron chi connectivity index (χ3n) is 4.47. The van der Waals surface area contributed by atoms with Gasteiger partial charge in [0.1, 0.15) is 0 Å². The van der Waals surface area contributed by atoms with Crippen molar-refractivity contribution in [3.8, 4) is 0 Å². The number of ether oxygens (including phenoxy) is 1. The minimum Gasteiger partial charge on any atom is -0.456 e. The molecule has 1 N–H and O–H groups in total. The summed E-state index contributed by atoms with van der Waals surface area (Å²) in [7, 11) is 0. The molecular weight excluding hydrogens is 326 g/mol. The van der Waals surface area contributed by atoms with Crippen molar-refractivity contribution in [1.29, 1.82) is 0 Å². The fraction of sp³-hybridized carbons (Fsp3) is 0.364. The molecule has 4 nitrogen and oxygen atoms in total. The molecule has 1 atom stereocenters. The number of amides is 1. The highest BCUT2D eigenvalue weighted by atomic mass is 16.5. The lowest BCUT2D eigenvalue weighted by Gasteiger charge is -2.15. The first-order chi connectivity index (χ1) is 12.5. The molecule has 1 unspecified atom stereocenters. The number of rotatable bonds is 8. The van der Waals surface area contributed by atoms with Crippen LogP contribution in [0, 0.1) is 0 Å². The highest BCUT2D eigenvalue weighted by Gasteiger charge is 2.15. The molecule has 1 amide bonds. The lowest BCUT2D eigenvalue weighted by molar-refractivity contribution is -0.147. The molecule has 26 heavy (non-hydrogen) atoms. The van der Waals surface area contributed by atoms with Crippen LogP contribution >= 0.6 is 0 Å². The molecule has 0 aliphatic heterocycles. The van der Waals surface area contributed by atoms with E-state index in [4.69, 9.17) is 4.74 Å². The molecule has 0 aliphatic rings. The molecule has 138 valence electrons. The largest absolute Gasteiger partial charge is 0.456 e. The first kappa shape index (κ1) is 19.7. The highest BCUT2D eigenvalue weighted by molar-refractivity contribution is 5.94. The predicted molar refractivity (Wildman–Crippen MR) is 104 cm³/mol. The Morgan fingerprint density at radius 2 is 1.58 bits per heavy atom. The van der Waals surface area contributed by atoms with Gasteiger partial charge in [0, 0.05) is 5.69 Å². The van der Waals surface area contributed by atoms with Gasteiger partial charge in [-0.15, -0.1) is 0 Å². The lowest BCUT2D eigenvalue weighted by Crippen LogP contribution is -2.22. The fourth-order valence-electron chi connectivity index (χ4n) is 2.93. The van der Waals surface area contributed by atoms with E-state index in [1.807, 2.05) is 55.5 Å². The van der Waals surface area contributed by atoms with Crippen LogP contribution in [0.5, 0.6) is 0 Å². The Kier molecular flexibility index (Phi) is 7.39. The Morgan fingerprint density at radius 1 is 0.962 bits per heavy atom. The molecule has 0 heterocycles. The number of nitrogens with one attached hydrogen (secondary N) is 1. The van der Waals surface area contributed by atoms with Crippen molar-refractivity contribution >= 4 is 17.6 Å². The Morgan fingerprint density at radius 3 is 2.15 bits per heavy atom. The van der Waals surface area contributed by atoms with Crippen molar-refractivity contribution in [3.63, 3.8) is 0 Å². The van der Waals surface area contributed by atoms with E-state index in [1.54, 1.807) is 0 Å². The van der Waals surface area contributed by atoms with Gasteiger partial charge in [-0.25, -0.2) is 0 Å². The topological polar surface area (TPSA) is 55.4 Å². The number of para-hydroxylation sites is 1. The Labute approximate surface area is 155 Å². The monoisotopic (exact) mass is 353 g/mol. The fourth-order valence-corrected chi connectivity index (χ4v) is 2.93. The van der Waals surface area contributed by atoms with Crippen molar-refractivity contribution in [2.24, 2.45) is 0 Å². The van der Waals surface area contributed by atoms with Crippen molar-refractivity contribution in [2.75, 3.05) is 11.9 Å². The summed E-state index contributed by atoms with van der Waals surface area (Å²) in [6.07, 6.45) is 1.92. The van der Waals surface area contributed by atoms with Gasteiger partial charge in [0.25, 0.3) is 5.91 Å². The number of hydrogen-bond donors (Lipinski definition) is 1. The molecule has 0 bridgehead atoms. The third kappa shape index (κ3) is 5.45. The molecule has 0 saturated heterocycles. The van der Waals surface area contributed by atoms with Crippen LogP contribution in [0.25, 0.3) is 0 Å². The normalized spacial score (nSPS) is 11.7. The molecule has 0 fully saturated rings. The van der Waals surface area contributed by atoms with Crippen LogP contribution in [0.2, 0.25) is 0 Å². The minimum absolute atomic E-state index is 0.0549. The third-order valence-corrected chi connectivity index (χ3v) is 4.47. The highest BCUT2D eigenvalue weighted by Crippen LogP contribution is 2.22. The van der Waals surface area contributed by atoms with E-state index in [-0.39, 0.29) is 30.8 Å². The zero-order chi connectivity index (χ0) is 18.9. The van der Waals surface area contributed by atoms with Gasteiger partial charge in [0.2, 0.25) is 0 Å². The minimum atomic E-state index is -0.365. The summed E-state index contributed by atoms with van der Waals surface area (Å²) in [5, 5.41) is 2.91. The number of hydrogen-bond acceptors (Lipinski definition) is 3. The second kappa shape index (κ2) is 9.76. The summed E-state index contributed by atoms with van der Waals surface area (Å²) in [6.45, 7) is 5.81. The van der Waals surface area contributed by atoms with E-state index in [2.05, 4.69) is 19.2 Å². The number of carbonyl (C=O) groups excluding carboxylic acids is 2. The molecule has 0 aliphatic carbocycles. The lowest BCUT2D eigenvalue weighted by atomic mass is 9.98. The van der Waals surface area contributed by atoms with Gasteiger partial charge >= 0.3 is 5.97 Å². The standard InChI is InChI=1S/C22H27NO3/c1-4-17-12-9-13-18(5-2)22(17)23-20(24)15-26-21(25)14-16(3)19-10-7-6-8-11-19/h6-13,16H,4-5,14-15H2,1-3H3,(H,23,24). The first-order valence-corrected chi connectivity index (χ1v) is 9.16. The van der Waals surface area contributed by atoms with Gasteiger partial charge in [-0.1, -0.05) is 69.3 Å². The molecule has 0 radical (unpaired) electrons. The van der Waals surface area contributed by atoms with E-state index in [0.29, 0.717) is 0 Å². The quantitative estimate of drug-likeness (QED) is 0.712. The number of carbonyl (C=O) groups is 2. The first-order valence-electron chi connectivity index (χ1n) is 9.16. The van der Waals surface area contributed by atoms with Crippen LogP contribution in [0.3, 0.4) is 0 Å². The molecule has 0 aromatic heterocycles. The van der Waals surface area contributed by atoms with E-state index >= 15 is 0 Å². The molecule has 4 heteroatoms. The number of anilines is 1. The second-order valence-electron chi connectivity index (χ2n) is 6.38. The zero-order valence-electron chi connectivity index (χ0n) is 15.7. The van der Waals surface area contributed by atoms with Crippen LogP contribution in [0.4, 0.5) is 5.69 Å². The average molecular weight is 353 g/mol. The summed E-state index contributed by atoms with van der Waals surface area (Å²) in [5.41, 5.74) is 4.10. The molecule has 0 saturated carbocycles. The Bertz CT molecular complexity index is 718. The number of esters is 1. The van der Waals surface area contributed by atoms with Crippen LogP contribution in [-0.4, -0.2) is 18.5 Å². The molecule has 2 aromatic carbocycles. The van der Waals surface area contributed by atoms with E-state index in [9.17, 15) is 9.59 Å². The summed E-state index contributed by atoms with van der Waals surface area (Å²) >= 11 is 0. The van der Waals surface area contributed by atoms with Crippen molar-refractivity contribution in [3.05, 3.63) is 65.2 Å². The van der Waals surface area contributed by atoms with E-state index in [1.165, 1.54) is 0 Å². The van der Waals surface area contributed by atoms with Gasteiger partial charge in [-0.2, -0.15) is 0 Å². The van der Waals surface area contributed by atoms with Crippen molar-refractivity contribution < 1.29 is 14.3 Å². The molecule has 2 aromatic rings. The van der Waals surface area contributed by atoms with Gasteiger partial charge in [-0.05, 0) is 35.4 Å². The van der Waals surface area contributed by atoms with Crippen LogP contribution in [-0.2, 0) is 27.2 Å². The van der Waals surface area contributed by atoms with Crippen LogP contribution in [0.1, 0.15) is 49.8 Å². The van der Waals surface area contributed by atoms with Crippen LogP contribution < -0.4 is 5.32 Å². The SMILES string of the molecule is CCc1cccc(CC)c1NC(=O)COC(=O)CC(C)c1ccccc1. The average Bonchev–Trinajstić information content (AvgIpc) is 2.67. The summed E-state index contributed by atoms with van der Waals surface area (Å²) in [5.74, 6) is -0.614. The van der Waals surface area contributed by atoms with E-state index < -0.39 is 0 Å². The number of aryl methyl sites for hydroxylation is 2. The van der Waals surface area contributed by atoms with E-state index in [0.717, 1.165) is 35.2 Å². The van der Waals surface area contributed by atoms with Gasteiger partial charge in [0.05, 0.1) is 6.42 Å². The predicted octanol–water partition coefficient (Wildman–Crippen LogP) is 4.49. The summed E-state index contributed by atoms with van der Waals surface area (Å²) < 4.78 is 5.16. The molecule has 2 rings (SSSR count). The molecular formula is C22H27NO3. The van der Waals surface area contributed by atoms with Crippen molar-refractivity contribution in [1.82, 2.24) is 0 Å². The van der Waals surface area contributed by atoms with Gasteiger partial charge < -0.3 is 10.1 Å². The van der Waals surface area contributed by atoms with Gasteiger partial charge in [-0.3, -0.25) is 9.59 Å². The summed E-state index contributed by atoms with van der Waals surface area (Å²) in [6, 6.07) is 15.8. The maximum Gasteiger partial charge on any atom is 0.306 e. The molecule has 0 spiro atoms. The zero-order valence-corrected chi connectivity index (χ0v) is 15.7. The summed E-state index contributed by atoms with van der Waals surface area (Å²) in [4.78, 5) is 24.2. The maximum absolute atomic E-state index is 12.2.